The number of nitrogens with one attached hydrogen (secondary N) is 1. The van der Waals surface area contributed by atoms with Crippen LogP contribution in [0.3, 0.4) is 0 Å². The van der Waals surface area contributed by atoms with Crippen molar-refractivity contribution in [2.45, 2.75) is 83.5 Å². The number of halogens is 3. The summed E-state index contributed by atoms with van der Waals surface area (Å²) in [6, 6.07) is 0.278. The van der Waals surface area contributed by atoms with E-state index in [-0.39, 0.29) is 18.5 Å². The summed E-state index contributed by atoms with van der Waals surface area (Å²) < 4.78 is 38.9. The van der Waals surface area contributed by atoms with Gasteiger partial charge >= 0.3 is 6.18 Å². The molecule has 0 aromatic carbocycles. The third kappa shape index (κ3) is 7.53. The van der Waals surface area contributed by atoms with Crippen LogP contribution < -0.4 is 5.32 Å². The average molecular weight is 498 g/mol. The van der Waals surface area contributed by atoms with Crippen LogP contribution in [0.4, 0.5) is 13.2 Å². The summed E-state index contributed by atoms with van der Waals surface area (Å²) in [6.45, 7) is 4.73. The minimum atomic E-state index is -4.15. The second-order valence-electron chi connectivity index (χ2n) is 9.67. The van der Waals surface area contributed by atoms with Crippen molar-refractivity contribution in [2.24, 2.45) is 5.92 Å². The van der Waals surface area contributed by atoms with E-state index in [4.69, 9.17) is 0 Å². The monoisotopic (exact) mass is 497 g/mol. The SMILES string of the molecule is Cc1ncc(CC(=O)N[C@H]2CC[C@H](CCN3CCc4cn(CCC(F)(F)F)nc4CC3)CC2)s1. The molecule has 0 unspecified atom stereocenters. The summed E-state index contributed by atoms with van der Waals surface area (Å²) in [7, 11) is 0. The number of hydrogen-bond acceptors (Lipinski definition) is 5. The number of aryl methyl sites for hydroxylation is 2. The van der Waals surface area contributed by atoms with Crippen molar-refractivity contribution in [3.05, 3.63) is 33.5 Å². The van der Waals surface area contributed by atoms with Crippen LogP contribution in [0.2, 0.25) is 0 Å². The van der Waals surface area contributed by atoms with Gasteiger partial charge in [0, 0.05) is 49.4 Å². The Morgan fingerprint density at radius 3 is 2.65 bits per heavy atom. The summed E-state index contributed by atoms with van der Waals surface area (Å²) in [5.41, 5.74) is 2.05. The second-order valence-corrected chi connectivity index (χ2v) is 11.0. The van der Waals surface area contributed by atoms with Crippen molar-refractivity contribution in [3.63, 3.8) is 0 Å². The lowest BCUT2D eigenvalue weighted by Gasteiger charge is -2.30. The number of aromatic nitrogens is 3. The van der Waals surface area contributed by atoms with E-state index >= 15 is 0 Å². The van der Waals surface area contributed by atoms with Gasteiger partial charge in [0.25, 0.3) is 0 Å². The topological polar surface area (TPSA) is 63.1 Å². The molecule has 0 radical (unpaired) electrons. The minimum Gasteiger partial charge on any atom is -0.353 e. The molecule has 1 aliphatic heterocycles. The highest BCUT2D eigenvalue weighted by Crippen LogP contribution is 2.28. The Bertz CT molecular complexity index is 923. The summed E-state index contributed by atoms with van der Waals surface area (Å²) >= 11 is 1.58. The Kier molecular flexibility index (Phi) is 8.29. The summed E-state index contributed by atoms with van der Waals surface area (Å²) in [4.78, 5) is 20.0. The number of alkyl halides is 3. The van der Waals surface area contributed by atoms with E-state index in [1.807, 2.05) is 6.92 Å². The molecule has 188 valence electrons. The fraction of sp³-hybridized carbons (Fsp3) is 0.708. The highest BCUT2D eigenvalue weighted by molar-refractivity contribution is 7.11. The van der Waals surface area contributed by atoms with Gasteiger partial charge in [-0.05, 0) is 63.5 Å². The van der Waals surface area contributed by atoms with E-state index in [9.17, 15) is 18.0 Å². The molecule has 2 aromatic rings. The molecule has 2 aliphatic rings. The average Bonchev–Trinajstić information content (AvgIpc) is 3.32. The van der Waals surface area contributed by atoms with Crippen molar-refractivity contribution in [3.8, 4) is 0 Å². The van der Waals surface area contributed by atoms with E-state index in [0.29, 0.717) is 12.3 Å². The van der Waals surface area contributed by atoms with Gasteiger partial charge in [-0.1, -0.05) is 0 Å². The molecule has 10 heteroatoms. The van der Waals surface area contributed by atoms with Gasteiger partial charge in [-0.3, -0.25) is 9.48 Å². The Morgan fingerprint density at radius 1 is 1.18 bits per heavy atom. The zero-order chi connectivity index (χ0) is 24.1. The number of nitrogens with zero attached hydrogens (tertiary/aromatic N) is 4. The van der Waals surface area contributed by atoms with Crippen LogP contribution in [0.25, 0.3) is 0 Å². The Balaban J connectivity index is 1.13. The number of hydrogen-bond donors (Lipinski definition) is 1. The van der Waals surface area contributed by atoms with Crippen LogP contribution in [0.1, 0.15) is 59.7 Å². The molecule has 6 nitrogen and oxygen atoms in total. The van der Waals surface area contributed by atoms with Crippen molar-refractivity contribution in [1.29, 1.82) is 0 Å². The first-order valence-electron chi connectivity index (χ1n) is 12.3. The van der Waals surface area contributed by atoms with Gasteiger partial charge in [0.2, 0.25) is 5.91 Å². The molecule has 2 aromatic heterocycles. The first-order valence-corrected chi connectivity index (χ1v) is 13.1. The Morgan fingerprint density at radius 2 is 1.94 bits per heavy atom. The lowest BCUT2D eigenvalue weighted by molar-refractivity contribution is -0.137. The number of amides is 1. The third-order valence-corrected chi connectivity index (χ3v) is 7.89. The van der Waals surface area contributed by atoms with Gasteiger partial charge in [-0.2, -0.15) is 18.3 Å². The van der Waals surface area contributed by atoms with E-state index < -0.39 is 12.6 Å². The van der Waals surface area contributed by atoms with Gasteiger partial charge in [0.1, 0.15) is 0 Å². The van der Waals surface area contributed by atoms with E-state index in [1.165, 1.54) is 4.68 Å². The summed E-state index contributed by atoms with van der Waals surface area (Å²) in [5, 5.41) is 8.60. The number of rotatable bonds is 8. The molecule has 3 heterocycles. The molecule has 0 saturated heterocycles. The molecule has 1 aliphatic carbocycles. The first kappa shape index (κ1) is 25.2. The molecule has 4 rings (SSSR count). The predicted octanol–water partition coefficient (Wildman–Crippen LogP) is 4.31. The van der Waals surface area contributed by atoms with Gasteiger partial charge in [-0.15, -0.1) is 11.3 Å². The number of carbonyl (C=O) groups excluding carboxylic acids is 1. The van der Waals surface area contributed by atoms with Crippen LogP contribution in [-0.2, 0) is 30.6 Å². The van der Waals surface area contributed by atoms with E-state index in [0.717, 1.165) is 85.7 Å². The zero-order valence-electron chi connectivity index (χ0n) is 19.7. The molecule has 1 amide bonds. The number of carbonyl (C=O) groups is 1. The second kappa shape index (κ2) is 11.2. The van der Waals surface area contributed by atoms with Crippen molar-refractivity contribution in [1.82, 2.24) is 25.0 Å². The third-order valence-electron chi connectivity index (χ3n) is 6.98. The van der Waals surface area contributed by atoms with Crippen molar-refractivity contribution < 1.29 is 18.0 Å². The maximum Gasteiger partial charge on any atom is 0.390 e. The maximum atomic E-state index is 12.5. The first-order chi connectivity index (χ1) is 16.2. The van der Waals surface area contributed by atoms with Crippen LogP contribution >= 0.6 is 11.3 Å². The minimum absolute atomic E-state index is 0.0939. The molecule has 0 atom stereocenters. The lowest BCUT2D eigenvalue weighted by Crippen LogP contribution is -2.39. The van der Waals surface area contributed by atoms with Crippen molar-refractivity contribution in [2.75, 3.05) is 19.6 Å². The highest BCUT2D eigenvalue weighted by Gasteiger charge is 2.28. The molecule has 0 bridgehead atoms. The smallest absolute Gasteiger partial charge is 0.353 e. The van der Waals surface area contributed by atoms with Gasteiger partial charge < -0.3 is 10.2 Å². The number of fused-ring (bicyclic) bond motifs is 1. The molecule has 1 fully saturated rings. The van der Waals surface area contributed by atoms with Gasteiger partial charge in [0.15, 0.2) is 0 Å². The summed E-state index contributed by atoms with van der Waals surface area (Å²) in [6.07, 6.45) is 6.19. The predicted molar refractivity (Wildman–Crippen MR) is 126 cm³/mol. The largest absolute Gasteiger partial charge is 0.390 e. The molecular weight excluding hydrogens is 463 g/mol. The van der Waals surface area contributed by atoms with E-state index in [1.54, 1.807) is 23.7 Å². The fourth-order valence-corrected chi connectivity index (χ4v) is 5.83. The molecular formula is C24H34F3N5OS. The maximum absolute atomic E-state index is 12.5. The quantitative estimate of drug-likeness (QED) is 0.591. The van der Waals surface area contributed by atoms with Crippen molar-refractivity contribution >= 4 is 17.2 Å². The van der Waals surface area contributed by atoms with Crippen LogP contribution in [0.15, 0.2) is 12.4 Å². The fourth-order valence-electron chi connectivity index (χ4n) is 5.04. The molecule has 1 N–H and O–H groups in total. The van der Waals surface area contributed by atoms with Gasteiger partial charge in [-0.25, -0.2) is 4.98 Å². The normalized spacial score (nSPS) is 21.8. The Hall–Kier alpha value is -1.94. The lowest BCUT2D eigenvalue weighted by atomic mass is 9.84. The van der Waals surface area contributed by atoms with Gasteiger partial charge in [0.05, 0.1) is 23.5 Å². The number of thiazole rings is 1. The molecule has 34 heavy (non-hydrogen) atoms. The Labute approximate surface area is 202 Å². The van der Waals surface area contributed by atoms with E-state index in [2.05, 4.69) is 20.3 Å². The van der Waals surface area contributed by atoms with Crippen LogP contribution in [-0.4, -0.2) is 57.4 Å². The molecule has 0 spiro atoms. The molecule has 1 saturated carbocycles. The van der Waals surface area contributed by atoms with Crippen LogP contribution in [0.5, 0.6) is 0 Å². The summed E-state index contributed by atoms with van der Waals surface area (Å²) in [5.74, 6) is 0.783. The highest BCUT2D eigenvalue weighted by atomic mass is 32.1. The van der Waals surface area contributed by atoms with Crippen LogP contribution in [0, 0.1) is 12.8 Å². The zero-order valence-corrected chi connectivity index (χ0v) is 20.6. The standard InChI is InChI=1S/C24H34F3N5OS/c1-17-28-15-21(34-17)14-23(33)29-20-4-2-18(3-5-20)6-10-31-11-7-19-16-32(13-9-24(25,26)27)30-22(19)8-12-31/h15-16,18,20H,2-14H2,1H3,(H,29,33)/t18-,20-.